The predicted molar refractivity (Wildman–Crippen MR) is 104 cm³/mol. The molecule has 1 amide bonds. The van der Waals surface area contributed by atoms with Crippen molar-refractivity contribution >= 4 is 35.0 Å². The number of aromatic nitrogens is 2. The molecule has 140 valence electrons. The van der Waals surface area contributed by atoms with Crippen LogP contribution in [-0.2, 0) is 4.79 Å². The number of rotatable bonds is 5. The third kappa shape index (κ3) is 4.14. The Morgan fingerprint density at radius 3 is 2.59 bits per heavy atom. The van der Waals surface area contributed by atoms with Gasteiger partial charge in [0.1, 0.15) is 17.3 Å². The van der Waals surface area contributed by atoms with E-state index in [1.165, 1.54) is 17.8 Å². The van der Waals surface area contributed by atoms with Crippen LogP contribution in [0.3, 0.4) is 0 Å². The van der Waals surface area contributed by atoms with E-state index in [-0.39, 0.29) is 0 Å². The van der Waals surface area contributed by atoms with Crippen molar-refractivity contribution in [2.75, 3.05) is 5.32 Å². The zero-order valence-electron chi connectivity index (χ0n) is 14.5. The summed E-state index contributed by atoms with van der Waals surface area (Å²) in [6, 6.07) is 8.94. The van der Waals surface area contributed by atoms with Gasteiger partial charge in [-0.1, -0.05) is 35.5 Å². The molecule has 1 aromatic heterocycles. The predicted octanol–water partition coefficient (Wildman–Crippen LogP) is 5.23. The summed E-state index contributed by atoms with van der Waals surface area (Å²) in [7, 11) is 0. The molecule has 8 heteroatoms. The van der Waals surface area contributed by atoms with Crippen molar-refractivity contribution in [1.29, 1.82) is 0 Å². The van der Waals surface area contributed by atoms with Gasteiger partial charge in [0.25, 0.3) is 0 Å². The zero-order chi connectivity index (χ0) is 19.6. The Hall–Kier alpha value is -2.38. The van der Waals surface area contributed by atoms with Gasteiger partial charge in [-0.15, -0.1) is 0 Å². The highest BCUT2D eigenvalue weighted by Crippen LogP contribution is 2.29. The maximum atomic E-state index is 13.7. The number of imidazole rings is 1. The number of hydrogen-bond acceptors (Lipinski definition) is 3. The maximum absolute atomic E-state index is 13.7. The third-order valence-corrected chi connectivity index (χ3v) is 5.46. The van der Waals surface area contributed by atoms with Gasteiger partial charge in [0.2, 0.25) is 5.91 Å². The van der Waals surface area contributed by atoms with Crippen LogP contribution in [0.5, 0.6) is 0 Å². The van der Waals surface area contributed by atoms with Gasteiger partial charge in [0.05, 0.1) is 10.9 Å². The fourth-order valence-electron chi connectivity index (χ4n) is 2.47. The first kappa shape index (κ1) is 19.4. The van der Waals surface area contributed by atoms with Crippen LogP contribution in [-0.4, -0.2) is 20.7 Å². The molecule has 1 N–H and O–H groups in total. The minimum atomic E-state index is -0.823. The number of nitrogens with one attached hydrogen (secondary N) is 1. The number of nitrogens with zero attached hydrogens (tertiary/aromatic N) is 2. The molecule has 0 spiro atoms. The summed E-state index contributed by atoms with van der Waals surface area (Å²) in [6.07, 6.45) is 3.38. The monoisotopic (exact) mass is 407 g/mol. The number of carbonyl (C=O) groups excluding carboxylic acids is 1. The van der Waals surface area contributed by atoms with Gasteiger partial charge in [-0.3, -0.25) is 9.36 Å². The number of carbonyl (C=O) groups is 1. The molecular weight excluding hydrogens is 392 g/mol. The summed E-state index contributed by atoms with van der Waals surface area (Å²) in [5.41, 5.74) is 1.27. The van der Waals surface area contributed by atoms with Crippen molar-refractivity contribution in [3.8, 4) is 5.69 Å². The van der Waals surface area contributed by atoms with Gasteiger partial charge in [-0.2, -0.15) is 0 Å². The van der Waals surface area contributed by atoms with Crippen LogP contribution < -0.4 is 5.32 Å². The van der Waals surface area contributed by atoms with Gasteiger partial charge in [0.15, 0.2) is 5.16 Å². The summed E-state index contributed by atoms with van der Waals surface area (Å²) in [6.45, 7) is 3.53. The normalized spacial score (nSPS) is 12.0. The smallest absolute Gasteiger partial charge is 0.237 e. The highest BCUT2D eigenvalue weighted by atomic mass is 35.5. The molecule has 0 aliphatic rings. The van der Waals surface area contributed by atoms with E-state index in [0.717, 1.165) is 23.4 Å². The summed E-state index contributed by atoms with van der Waals surface area (Å²) in [5, 5.41) is 2.86. The molecular formula is C19H16ClF2N3OS. The van der Waals surface area contributed by atoms with Crippen LogP contribution >= 0.6 is 23.4 Å². The van der Waals surface area contributed by atoms with Crippen LogP contribution in [0.4, 0.5) is 14.5 Å². The van der Waals surface area contributed by atoms with E-state index in [0.29, 0.717) is 10.2 Å². The Morgan fingerprint density at radius 1 is 1.22 bits per heavy atom. The Kier molecular flexibility index (Phi) is 5.82. The van der Waals surface area contributed by atoms with E-state index in [2.05, 4.69) is 10.3 Å². The lowest BCUT2D eigenvalue weighted by Crippen LogP contribution is -2.24. The molecule has 0 bridgehead atoms. The van der Waals surface area contributed by atoms with Crippen molar-refractivity contribution in [2.24, 2.45) is 0 Å². The lowest BCUT2D eigenvalue weighted by Gasteiger charge is -2.15. The molecule has 0 saturated heterocycles. The van der Waals surface area contributed by atoms with E-state index in [4.69, 9.17) is 11.6 Å². The number of benzene rings is 2. The van der Waals surface area contributed by atoms with Crippen molar-refractivity contribution in [3.63, 3.8) is 0 Å². The van der Waals surface area contributed by atoms with Gasteiger partial charge >= 0.3 is 0 Å². The van der Waals surface area contributed by atoms with Crippen molar-refractivity contribution in [1.82, 2.24) is 9.55 Å². The Morgan fingerprint density at radius 2 is 1.89 bits per heavy atom. The Balaban J connectivity index is 1.79. The van der Waals surface area contributed by atoms with E-state index < -0.39 is 28.5 Å². The number of hydrogen-bond donors (Lipinski definition) is 1. The second kappa shape index (κ2) is 8.10. The van der Waals surface area contributed by atoms with Crippen LogP contribution in [0.1, 0.15) is 12.5 Å². The summed E-state index contributed by atoms with van der Waals surface area (Å²) in [5.74, 6) is -2.17. The lowest BCUT2D eigenvalue weighted by atomic mass is 10.2. The molecule has 3 rings (SSSR count). The average Bonchev–Trinajstić information content (AvgIpc) is 3.08. The first-order valence-corrected chi connectivity index (χ1v) is 9.34. The second-order valence-electron chi connectivity index (χ2n) is 5.81. The van der Waals surface area contributed by atoms with Crippen molar-refractivity contribution in [3.05, 3.63) is 71.0 Å². The molecule has 0 fully saturated rings. The SMILES string of the molecule is Cc1c(Cl)cccc1-n1ccnc1SC(C)C(=O)Nc1c(F)cccc1F. The molecule has 3 aromatic rings. The van der Waals surface area contributed by atoms with Gasteiger partial charge in [0, 0.05) is 17.4 Å². The van der Waals surface area contributed by atoms with Crippen molar-refractivity contribution < 1.29 is 13.6 Å². The lowest BCUT2D eigenvalue weighted by molar-refractivity contribution is -0.115. The Bertz CT molecular complexity index is 973. The van der Waals surface area contributed by atoms with E-state index in [1.807, 2.05) is 23.6 Å². The molecule has 4 nitrogen and oxygen atoms in total. The van der Waals surface area contributed by atoms with Gasteiger partial charge in [-0.05, 0) is 43.7 Å². The van der Waals surface area contributed by atoms with Crippen molar-refractivity contribution in [2.45, 2.75) is 24.3 Å². The molecule has 27 heavy (non-hydrogen) atoms. The first-order chi connectivity index (χ1) is 12.9. The standard InChI is InChI=1S/C19H16ClF2N3OS/c1-11-13(20)5-3-8-16(11)25-10-9-23-19(25)27-12(2)18(26)24-17-14(21)6-4-7-15(17)22/h3-10,12H,1-2H3,(H,24,26). The minimum Gasteiger partial charge on any atom is -0.320 e. The average molecular weight is 408 g/mol. The quantitative estimate of drug-likeness (QED) is 0.589. The molecule has 2 aromatic carbocycles. The number of amides is 1. The molecule has 0 aliphatic carbocycles. The number of anilines is 1. The third-order valence-electron chi connectivity index (χ3n) is 3.97. The second-order valence-corrected chi connectivity index (χ2v) is 7.52. The van der Waals surface area contributed by atoms with Crippen LogP contribution in [0.25, 0.3) is 5.69 Å². The van der Waals surface area contributed by atoms with E-state index in [9.17, 15) is 13.6 Å². The Labute approximate surface area is 164 Å². The fraction of sp³-hybridized carbons (Fsp3) is 0.158. The molecule has 1 atom stereocenters. The van der Waals surface area contributed by atoms with Crippen LogP contribution in [0, 0.1) is 18.6 Å². The van der Waals surface area contributed by atoms with Gasteiger partial charge in [-0.25, -0.2) is 13.8 Å². The maximum Gasteiger partial charge on any atom is 0.237 e. The van der Waals surface area contributed by atoms with Crippen LogP contribution in [0.2, 0.25) is 5.02 Å². The molecule has 1 unspecified atom stereocenters. The highest BCUT2D eigenvalue weighted by Gasteiger charge is 2.21. The molecule has 0 saturated carbocycles. The fourth-order valence-corrected chi connectivity index (χ4v) is 3.52. The summed E-state index contributed by atoms with van der Waals surface area (Å²) in [4.78, 5) is 16.7. The summed E-state index contributed by atoms with van der Waals surface area (Å²) >= 11 is 7.36. The molecule has 1 heterocycles. The van der Waals surface area contributed by atoms with Gasteiger partial charge < -0.3 is 5.32 Å². The summed E-state index contributed by atoms with van der Waals surface area (Å²) < 4.78 is 29.3. The van der Waals surface area contributed by atoms with Crippen LogP contribution in [0.15, 0.2) is 53.9 Å². The number of para-hydroxylation sites is 1. The molecule has 0 aliphatic heterocycles. The largest absolute Gasteiger partial charge is 0.320 e. The number of thioether (sulfide) groups is 1. The molecule has 0 radical (unpaired) electrons. The van der Waals surface area contributed by atoms with E-state index in [1.54, 1.807) is 25.4 Å². The highest BCUT2D eigenvalue weighted by molar-refractivity contribution is 8.00. The topological polar surface area (TPSA) is 46.9 Å². The minimum absolute atomic E-state index is 0.455. The first-order valence-electron chi connectivity index (χ1n) is 8.09. The zero-order valence-corrected chi connectivity index (χ0v) is 16.1. The number of halogens is 3. The van der Waals surface area contributed by atoms with E-state index >= 15 is 0 Å².